The van der Waals surface area contributed by atoms with E-state index in [2.05, 4.69) is 14.1 Å². The summed E-state index contributed by atoms with van der Waals surface area (Å²) in [7, 11) is 0. The molecule has 0 aliphatic heterocycles. The number of rotatable bonds is 4. The number of carbonyl (C=O) groups excluding carboxylic acids is 2. The molecule has 0 radical (unpaired) electrons. The normalized spacial score (nSPS) is 10.3. The largest absolute Gasteiger partial charge is 0.462 e. The van der Waals surface area contributed by atoms with Gasteiger partial charge in [0, 0.05) is 4.88 Å². The number of nitrogens with zero attached hydrogens (tertiary/aromatic N) is 2. The van der Waals surface area contributed by atoms with Crippen molar-refractivity contribution in [3.63, 3.8) is 0 Å². The van der Waals surface area contributed by atoms with E-state index in [0.29, 0.717) is 10.6 Å². The van der Waals surface area contributed by atoms with Gasteiger partial charge < -0.3 is 10.1 Å². The zero-order valence-corrected chi connectivity index (χ0v) is 12.9. The zero-order chi connectivity index (χ0) is 14.7. The highest BCUT2D eigenvalue weighted by Crippen LogP contribution is 2.33. The van der Waals surface area contributed by atoms with Crippen molar-refractivity contribution in [2.45, 2.75) is 20.8 Å². The third-order valence-corrected chi connectivity index (χ3v) is 4.29. The molecule has 2 aromatic rings. The number of carbonyl (C=O) groups is 2. The van der Waals surface area contributed by atoms with Crippen LogP contribution in [0.4, 0.5) is 5.00 Å². The Morgan fingerprint density at radius 1 is 1.40 bits per heavy atom. The van der Waals surface area contributed by atoms with Crippen LogP contribution in [0.2, 0.25) is 0 Å². The maximum Gasteiger partial charge on any atom is 0.341 e. The fourth-order valence-electron chi connectivity index (χ4n) is 1.60. The number of thiophene rings is 1. The van der Waals surface area contributed by atoms with Gasteiger partial charge >= 0.3 is 5.97 Å². The molecule has 0 spiro atoms. The fourth-order valence-corrected chi connectivity index (χ4v) is 3.05. The first-order chi connectivity index (χ1) is 9.54. The standard InChI is InChI=1S/C12H13N3O3S2/c1-4-18-12(17)9-6(2)7(3)19-11(9)14-10(16)8-5-13-20-15-8/h5H,4H2,1-3H3,(H,14,16). The number of amides is 1. The average Bonchev–Trinajstić information content (AvgIpc) is 3.00. The third kappa shape index (κ3) is 2.86. The Morgan fingerprint density at radius 3 is 2.75 bits per heavy atom. The molecule has 2 aromatic heterocycles. The van der Waals surface area contributed by atoms with Crippen LogP contribution in [-0.2, 0) is 4.74 Å². The summed E-state index contributed by atoms with van der Waals surface area (Å²) in [6.45, 7) is 5.75. The summed E-state index contributed by atoms with van der Waals surface area (Å²) in [5, 5.41) is 3.18. The lowest BCUT2D eigenvalue weighted by molar-refractivity contribution is 0.0527. The highest BCUT2D eigenvalue weighted by atomic mass is 32.1. The lowest BCUT2D eigenvalue weighted by Crippen LogP contribution is -2.15. The van der Waals surface area contributed by atoms with Gasteiger partial charge in [0.2, 0.25) is 0 Å². The molecule has 20 heavy (non-hydrogen) atoms. The second kappa shape index (κ2) is 6.10. The molecule has 6 nitrogen and oxygen atoms in total. The Labute approximate surface area is 124 Å². The highest BCUT2D eigenvalue weighted by molar-refractivity contribution is 7.16. The first-order valence-corrected chi connectivity index (χ1v) is 7.45. The molecule has 2 heterocycles. The van der Waals surface area contributed by atoms with E-state index in [1.54, 1.807) is 6.92 Å². The van der Waals surface area contributed by atoms with E-state index in [1.807, 2.05) is 13.8 Å². The van der Waals surface area contributed by atoms with Crippen molar-refractivity contribution >= 4 is 39.9 Å². The molecule has 2 rings (SSSR count). The molecular weight excluding hydrogens is 298 g/mol. The Bertz CT molecular complexity index is 635. The number of esters is 1. The fraction of sp³-hybridized carbons (Fsp3) is 0.333. The minimum atomic E-state index is -0.430. The van der Waals surface area contributed by atoms with Gasteiger partial charge in [-0.15, -0.1) is 11.3 Å². The topological polar surface area (TPSA) is 81.2 Å². The molecule has 0 fully saturated rings. The van der Waals surface area contributed by atoms with Gasteiger partial charge in [0.05, 0.1) is 30.1 Å². The van der Waals surface area contributed by atoms with E-state index in [-0.39, 0.29) is 18.2 Å². The van der Waals surface area contributed by atoms with E-state index in [1.165, 1.54) is 17.5 Å². The van der Waals surface area contributed by atoms with Crippen molar-refractivity contribution in [3.8, 4) is 0 Å². The average molecular weight is 311 g/mol. The highest BCUT2D eigenvalue weighted by Gasteiger charge is 2.22. The predicted octanol–water partition coefficient (Wildman–Crippen LogP) is 2.65. The molecule has 1 amide bonds. The molecule has 0 aromatic carbocycles. The van der Waals surface area contributed by atoms with Gasteiger partial charge in [-0.1, -0.05) is 0 Å². The monoisotopic (exact) mass is 311 g/mol. The minimum Gasteiger partial charge on any atom is -0.462 e. The van der Waals surface area contributed by atoms with E-state index >= 15 is 0 Å². The number of aryl methyl sites for hydroxylation is 1. The van der Waals surface area contributed by atoms with Crippen LogP contribution in [0.25, 0.3) is 0 Å². The van der Waals surface area contributed by atoms with Crippen LogP contribution in [0.5, 0.6) is 0 Å². The molecular formula is C12H13N3O3S2. The van der Waals surface area contributed by atoms with E-state index < -0.39 is 5.97 Å². The van der Waals surface area contributed by atoms with Crippen LogP contribution in [0, 0.1) is 13.8 Å². The van der Waals surface area contributed by atoms with Crippen molar-refractivity contribution in [2.24, 2.45) is 0 Å². The maximum atomic E-state index is 12.0. The van der Waals surface area contributed by atoms with Crippen LogP contribution in [-0.4, -0.2) is 27.2 Å². The summed E-state index contributed by atoms with van der Waals surface area (Å²) in [4.78, 5) is 24.9. The zero-order valence-electron chi connectivity index (χ0n) is 11.2. The molecule has 0 unspecified atom stereocenters. The number of aromatic nitrogens is 2. The Kier molecular flexibility index (Phi) is 4.46. The number of anilines is 1. The SMILES string of the molecule is CCOC(=O)c1c(NC(=O)c2cnsn2)sc(C)c1C. The Balaban J connectivity index is 2.30. The molecule has 1 N–H and O–H groups in total. The molecule has 8 heteroatoms. The van der Waals surface area contributed by atoms with Crippen molar-refractivity contribution in [1.29, 1.82) is 0 Å². The van der Waals surface area contributed by atoms with Crippen molar-refractivity contribution in [1.82, 2.24) is 8.75 Å². The van der Waals surface area contributed by atoms with Crippen LogP contribution in [0.1, 0.15) is 38.2 Å². The molecule has 106 valence electrons. The van der Waals surface area contributed by atoms with Gasteiger partial charge in [-0.3, -0.25) is 4.79 Å². The van der Waals surface area contributed by atoms with Crippen LogP contribution < -0.4 is 5.32 Å². The quantitative estimate of drug-likeness (QED) is 0.878. The number of hydrogen-bond acceptors (Lipinski definition) is 7. The smallest absolute Gasteiger partial charge is 0.341 e. The Morgan fingerprint density at radius 2 is 2.15 bits per heavy atom. The van der Waals surface area contributed by atoms with Gasteiger partial charge in [0.15, 0.2) is 5.69 Å². The Hall–Kier alpha value is -1.80. The summed E-state index contributed by atoms with van der Waals surface area (Å²) >= 11 is 2.30. The van der Waals surface area contributed by atoms with Crippen LogP contribution in [0.15, 0.2) is 6.20 Å². The molecule has 0 atom stereocenters. The first-order valence-electron chi connectivity index (χ1n) is 5.90. The van der Waals surface area contributed by atoms with Crippen molar-refractivity contribution in [3.05, 3.63) is 27.9 Å². The summed E-state index contributed by atoms with van der Waals surface area (Å²) in [6.07, 6.45) is 1.39. The van der Waals surface area contributed by atoms with Gasteiger partial charge in [0.1, 0.15) is 5.00 Å². The van der Waals surface area contributed by atoms with Gasteiger partial charge in [-0.05, 0) is 26.3 Å². The van der Waals surface area contributed by atoms with Crippen LogP contribution >= 0.6 is 23.1 Å². The summed E-state index contributed by atoms with van der Waals surface area (Å²) < 4.78 is 12.7. The van der Waals surface area contributed by atoms with Crippen molar-refractivity contribution in [2.75, 3.05) is 11.9 Å². The van der Waals surface area contributed by atoms with Gasteiger partial charge in [-0.25, -0.2) is 4.79 Å². The predicted molar refractivity (Wildman–Crippen MR) is 77.6 cm³/mol. The van der Waals surface area contributed by atoms with Gasteiger partial charge in [0.25, 0.3) is 5.91 Å². The van der Waals surface area contributed by atoms with E-state index in [0.717, 1.165) is 22.2 Å². The number of hydrogen-bond donors (Lipinski definition) is 1. The number of nitrogens with one attached hydrogen (secondary N) is 1. The van der Waals surface area contributed by atoms with E-state index in [9.17, 15) is 9.59 Å². The molecule has 0 aliphatic rings. The number of ether oxygens (including phenoxy) is 1. The molecule has 0 aliphatic carbocycles. The summed E-state index contributed by atoms with van der Waals surface area (Å²) in [5.74, 6) is -0.813. The second-order valence-corrected chi connectivity index (χ2v) is 5.74. The minimum absolute atomic E-state index is 0.230. The van der Waals surface area contributed by atoms with E-state index in [4.69, 9.17) is 4.74 Å². The van der Waals surface area contributed by atoms with Crippen LogP contribution in [0.3, 0.4) is 0 Å². The third-order valence-electron chi connectivity index (χ3n) is 2.69. The lowest BCUT2D eigenvalue weighted by atomic mass is 10.1. The summed E-state index contributed by atoms with van der Waals surface area (Å²) in [5.41, 5.74) is 1.46. The van der Waals surface area contributed by atoms with Crippen molar-refractivity contribution < 1.29 is 14.3 Å². The molecule has 0 saturated carbocycles. The summed E-state index contributed by atoms with van der Waals surface area (Å²) in [6, 6.07) is 0. The second-order valence-electron chi connectivity index (χ2n) is 3.95. The molecule has 0 saturated heterocycles. The lowest BCUT2D eigenvalue weighted by Gasteiger charge is -2.05. The maximum absolute atomic E-state index is 12.0. The first kappa shape index (κ1) is 14.6. The molecule has 0 bridgehead atoms. The van der Waals surface area contributed by atoms with Gasteiger partial charge in [-0.2, -0.15) is 8.75 Å².